The molecule has 5 heteroatoms. The van der Waals surface area contributed by atoms with E-state index in [9.17, 15) is 8.42 Å². The predicted octanol–water partition coefficient (Wildman–Crippen LogP) is 2.94. The summed E-state index contributed by atoms with van der Waals surface area (Å²) in [5, 5.41) is 4.83. The summed E-state index contributed by atoms with van der Waals surface area (Å²) >= 11 is 0. The molecular formula is C14H25NO3S. The largest absolute Gasteiger partial charge is 0.381 e. The van der Waals surface area contributed by atoms with E-state index in [-0.39, 0.29) is 4.90 Å². The minimum absolute atomic E-state index is 0.148. The van der Waals surface area contributed by atoms with Gasteiger partial charge in [-0.15, -0.1) is 0 Å². The van der Waals surface area contributed by atoms with Crippen LogP contribution in [0.25, 0.3) is 0 Å². The van der Waals surface area contributed by atoms with Gasteiger partial charge in [0.2, 0.25) is 10.0 Å². The summed E-state index contributed by atoms with van der Waals surface area (Å²) in [4.78, 5) is 0.148. The van der Waals surface area contributed by atoms with Crippen LogP contribution in [0.4, 0.5) is 0 Å². The summed E-state index contributed by atoms with van der Waals surface area (Å²) in [7, 11) is -3.50. The van der Waals surface area contributed by atoms with Crippen LogP contribution in [0.2, 0.25) is 0 Å². The first kappa shape index (κ1) is 18.1. The molecule has 0 bridgehead atoms. The zero-order valence-electron chi connectivity index (χ0n) is 11.8. The molecular weight excluding hydrogens is 262 g/mol. The summed E-state index contributed by atoms with van der Waals surface area (Å²) in [6.45, 7) is 6.28. The van der Waals surface area contributed by atoms with Gasteiger partial charge in [-0.1, -0.05) is 44.9 Å². The highest BCUT2D eigenvalue weighted by molar-refractivity contribution is 7.89. The summed E-state index contributed by atoms with van der Waals surface area (Å²) in [5.41, 5.74) is 0. The van der Waals surface area contributed by atoms with Gasteiger partial charge in [0.1, 0.15) is 0 Å². The third-order valence-corrected chi connectivity index (χ3v) is 3.29. The highest BCUT2D eigenvalue weighted by Gasteiger charge is 2.03. The van der Waals surface area contributed by atoms with Gasteiger partial charge in [-0.05, 0) is 25.0 Å². The lowest BCUT2D eigenvalue weighted by molar-refractivity contribution is 0.128. The zero-order valence-corrected chi connectivity index (χ0v) is 12.7. The van der Waals surface area contributed by atoms with Gasteiger partial charge < -0.3 is 4.74 Å². The van der Waals surface area contributed by atoms with Crippen LogP contribution in [-0.2, 0) is 14.8 Å². The van der Waals surface area contributed by atoms with E-state index in [1.165, 1.54) is 37.8 Å². The lowest BCUT2D eigenvalue weighted by atomic mass is 10.3. The van der Waals surface area contributed by atoms with E-state index in [1.54, 1.807) is 18.2 Å². The van der Waals surface area contributed by atoms with Crippen molar-refractivity contribution in [2.24, 2.45) is 5.14 Å². The van der Waals surface area contributed by atoms with Gasteiger partial charge in [-0.3, -0.25) is 0 Å². The van der Waals surface area contributed by atoms with Crippen molar-refractivity contribution >= 4 is 10.0 Å². The molecule has 0 spiro atoms. The Kier molecular flexibility index (Phi) is 10.4. The summed E-state index contributed by atoms with van der Waals surface area (Å²) in [6.07, 6.45) is 4.91. The van der Waals surface area contributed by atoms with Gasteiger partial charge in [0.05, 0.1) is 4.90 Å². The summed E-state index contributed by atoms with van der Waals surface area (Å²) in [6, 6.07) is 7.89. The Hall–Kier alpha value is -0.910. The molecule has 0 atom stereocenters. The molecule has 2 N–H and O–H groups in total. The third-order valence-electron chi connectivity index (χ3n) is 2.36. The van der Waals surface area contributed by atoms with Crippen molar-refractivity contribution in [3.05, 3.63) is 30.3 Å². The SMILES string of the molecule is CCCCOCCCC.NS(=O)(=O)c1ccccc1. The van der Waals surface area contributed by atoms with Crippen LogP contribution < -0.4 is 5.14 Å². The Labute approximate surface area is 117 Å². The van der Waals surface area contributed by atoms with E-state index in [4.69, 9.17) is 9.88 Å². The molecule has 4 nitrogen and oxygen atoms in total. The fraction of sp³-hybridized carbons (Fsp3) is 0.571. The van der Waals surface area contributed by atoms with E-state index in [0.29, 0.717) is 0 Å². The molecule has 0 radical (unpaired) electrons. The molecule has 110 valence electrons. The van der Waals surface area contributed by atoms with Crippen molar-refractivity contribution in [1.82, 2.24) is 0 Å². The lowest BCUT2D eigenvalue weighted by Gasteiger charge is -1.99. The van der Waals surface area contributed by atoms with Crippen molar-refractivity contribution in [2.75, 3.05) is 13.2 Å². The summed E-state index contributed by atoms with van der Waals surface area (Å²) in [5.74, 6) is 0. The topological polar surface area (TPSA) is 69.4 Å². The van der Waals surface area contributed by atoms with Crippen LogP contribution >= 0.6 is 0 Å². The molecule has 0 saturated heterocycles. The molecule has 0 heterocycles. The number of primary sulfonamides is 1. The quantitative estimate of drug-likeness (QED) is 0.784. The smallest absolute Gasteiger partial charge is 0.238 e. The maximum Gasteiger partial charge on any atom is 0.238 e. The van der Waals surface area contributed by atoms with Crippen LogP contribution in [-0.4, -0.2) is 21.6 Å². The van der Waals surface area contributed by atoms with Crippen LogP contribution in [0.15, 0.2) is 35.2 Å². The van der Waals surface area contributed by atoms with E-state index in [2.05, 4.69) is 13.8 Å². The predicted molar refractivity (Wildman–Crippen MR) is 78.5 cm³/mol. The number of rotatable bonds is 7. The molecule has 0 aliphatic carbocycles. The fourth-order valence-electron chi connectivity index (χ4n) is 1.21. The molecule has 0 aromatic heterocycles. The molecule has 1 aromatic rings. The molecule has 1 aromatic carbocycles. The number of benzene rings is 1. The standard InChI is InChI=1S/C8H18O.C6H7NO2S/c1-3-5-7-9-8-6-4-2;7-10(8,9)6-4-2-1-3-5-6/h3-8H2,1-2H3;1-5H,(H2,7,8,9). The molecule has 0 aliphatic heterocycles. The second kappa shape index (κ2) is 11.0. The van der Waals surface area contributed by atoms with Gasteiger partial charge in [-0.25, -0.2) is 13.6 Å². The van der Waals surface area contributed by atoms with Gasteiger partial charge >= 0.3 is 0 Å². The number of unbranched alkanes of at least 4 members (excludes halogenated alkanes) is 2. The minimum atomic E-state index is -3.50. The van der Waals surface area contributed by atoms with Crippen LogP contribution in [0, 0.1) is 0 Å². The monoisotopic (exact) mass is 287 g/mol. The Morgan fingerprint density at radius 3 is 1.79 bits per heavy atom. The van der Waals surface area contributed by atoms with Gasteiger partial charge in [-0.2, -0.15) is 0 Å². The second-order valence-electron chi connectivity index (χ2n) is 4.18. The van der Waals surface area contributed by atoms with Crippen molar-refractivity contribution < 1.29 is 13.2 Å². The number of sulfonamides is 1. The molecule has 0 amide bonds. The minimum Gasteiger partial charge on any atom is -0.381 e. The average Bonchev–Trinajstić information content (AvgIpc) is 2.40. The number of nitrogens with two attached hydrogens (primary N) is 1. The maximum absolute atomic E-state index is 10.6. The highest BCUT2D eigenvalue weighted by Crippen LogP contribution is 2.03. The van der Waals surface area contributed by atoms with Gasteiger partial charge in [0.25, 0.3) is 0 Å². The number of hydrogen-bond acceptors (Lipinski definition) is 3. The Bertz CT molecular complexity index is 398. The molecule has 0 saturated carbocycles. The first-order chi connectivity index (χ1) is 9.02. The van der Waals surface area contributed by atoms with Gasteiger partial charge in [0.15, 0.2) is 0 Å². The molecule has 19 heavy (non-hydrogen) atoms. The molecule has 0 unspecified atom stereocenters. The first-order valence-corrected chi connectivity index (χ1v) is 8.22. The third kappa shape index (κ3) is 10.7. The van der Waals surface area contributed by atoms with Crippen molar-refractivity contribution in [2.45, 2.75) is 44.4 Å². The Morgan fingerprint density at radius 2 is 1.47 bits per heavy atom. The zero-order chi connectivity index (χ0) is 14.6. The van der Waals surface area contributed by atoms with E-state index >= 15 is 0 Å². The molecule has 1 rings (SSSR count). The average molecular weight is 287 g/mol. The lowest BCUT2D eigenvalue weighted by Crippen LogP contribution is -2.11. The number of ether oxygens (including phenoxy) is 1. The van der Waals surface area contributed by atoms with Crippen molar-refractivity contribution in [3.8, 4) is 0 Å². The fourth-order valence-corrected chi connectivity index (χ4v) is 1.74. The molecule has 0 fully saturated rings. The second-order valence-corrected chi connectivity index (χ2v) is 5.74. The van der Waals surface area contributed by atoms with E-state index in [1.807, 2.05) is 0 Å². The molecule has 0 aliphatic rings. The Balaban J connectivity index is 0.000000344. The summed E-state index contributed by atoms with van der Waals surface area (Å²) < 4.78 is 26.5. The van der Waals surface area contributed by atoms with Crippen LogP contribution in [0.3, 0.4) is 0 Å². The van der Waals surface area contributed by atoms with E-state index in [0.717, 1.165) is 13.2 Å². The van der Waals surface area contributed by atoms with Gasteiger partial charge in [0, 0.05) is 13.2 Å². The number of hydrogen-bond donors (Lipinski definition) is 1. The normalized spacial score (nSPS) is 10.7. The van der Waals surface area contributed by atoms with E-state index < -0.39 is 10.0 Å². The first-order valence-electron chi connectivity index (χ1n) is 6.68. The highest BCUT2D eigenvalue weighted by atomic mass is 32.2. The van der Waals surface area contributed by atoms with Crippen molar-refractivity contribution in [3.63, 3.8) is 0 Å². The van der Waals surface area contributed by atoms with Crippen molar-refractivity contribution in [1.29, 1.82) is 0 Å². The van der Waals surface area contributed by atoms with Crippen LogP contribution in [0.1, 0.15) is 39.5 Å². The maximum atomic E-state index is 10.6. The van der Waals surface area contributed by atoms with Crippen LogP contribution in [0.5, 0.6) is 0 Å². The Morgan fingerprint density at radius 1 is 1.00 bits per heavy atom.